The van der Waals surface area contributed by atoms with Gasteiger partial charge in [-0.15, -0.1) is 15.3 Å². The molecule has 4 rings (SSSR count). The molecule has 0 aliphatic carbocycles. The van der Waals surface area contributed by atoms with E-state index >= 15 is 0 Å². The highest BCUT2D eigenvalue weighted by Crippen LogP contribution is 2.34. The number of hydrogen-bond acceptors (Lipinski definition) is 10. The van der Waals surface area contributed by atoms with Gasteiger partial charge in [0.25, 0.3) is 5.19 Å². The number of hydrogen-bond donors (Lipinski definition) is 2. The van der Waals surface area contributed by atoms with Crippen molar-refractivity contribution >= 4 is 17.3 Å². The number of aromatic nitrogens is 5. The van der Waals surface area contributed by atoms with Crippen molar-refractivity contribution in [3.63, 3.8) is 0 Å². The number of anilines is 1. The van der Waals surface area contributed by atoms with Crippen LogP contribution in [0.1, 0.15) is 13.8 Å². The highest BCUT2D eigenvalue weighted by Gasteiger charge is 2.23. The maximum Gasteiger partial charge on any atom is 0.294 e. The molecule has 1 atom stereocenters. The minimum absolute atomic E-state index is 0.0857. The fraction of sp³-hybridized carbons (Fsp3) is 0.421. The predicted molar refractivity (Wildman–Crippen MR) is 111 cm³/mol. The third kappa shape index (κ3) is 4.13. The molecular weight excluding hydrogens is 390 g/mol. The summed E-state index contributed by atoms with van der Waals surface area (Å²) in [6, 6.07) is 5.68. The van der Waals surface area contributed by atoms with Gasteiger partial charge < -0.3 is 20.1 Å². The SMILES string of the molecule is COc1nnc(-c2ccc(-c3cnc(N4CCN[C@@H](C(C)C)C4)nn3)c(O)c2)s1. The Morgan fingerprint density at radius 1 is 1.24 bits per heavy atom. The molecule has 3 aromatic rings. The fourth-order valence-electron chi connectivity index (χ4n) is 3.23. The van der Waals surface area contributed by atoms with Gasteiger partial charge in [0.1, 0.15) is 11.4 Å². The molecule has 0 bridgehead atoms. The number of nitrogens with one attached hydrogen (secondary N) is 1. The van der Waals surface area contributed by atoms with Crippen molar-refractivity contribution in [2.45, 2.75) is 19.9 Å². The van der Waals surface area contributed by atoms with Gasteiger partial charge in [0.05, 0.1) is 13.3 Å². The van der Waals surface area contributed by atoms with Gasteiger partial charge in [0, 0.05) is 36.8 Å². The molecule has 0 spiro atoms. The van der Waals surface area contributed by atoms with E-state index in [1.165, 1.54) is 11.3 Å². The number of phenols is 1. The Kier molecular flexibility index (Phi) is 5.54. The van der Waals surface area contributed by atoms with Crippen molar-refractivity contribution in [2.24, 2.45) is 5.92 Å². The second-order valence-electron chi connectivity index (χ2n) is 7.20. The van der Waals surface area contributed by atoms with E-state index in [1.54, 1.807) is 25.4 Å². The maximum absolute atomic E-state index is 10.5. The van der Waals surface area contributed by atoms with Crippen LogP contribution in [0, 0.1) is 5.92 Å². The number of nitrogens with zero attached hydrogens (tertiary/aromatic N) is 6. The highest BCUT2D eigenvalue weighted by atomic mass is 32.1. The number of methoxy groups -OCH3 is 1. The Labute approximate surface area is 172 Å². The van der Waals surface area contributed by atoms with E-state index in [9.17, 15) is 5.11 Å². The van der Waals surface area contributed by atoms with E-state index in [0.717, 1.165) is 25.2 Å². The van der Waals surface area contributed by atoms with Gasteiger partial charge in [0.15, 0.2) is 5.01 Å². The molecule has 0 amide bonds. The van der Waals surface area contributed by atoms with Crippen LogP contribution in [0.3, 0.4) is 0 Å². The van der Waals surface area contributed by atoms with Crippen molar-refractivity contribution in [1.82, 2.24) is 30.7 Å². The lowest BCUT2D eigenvalue weighted by Crippen LogP contribution is -2.53. The van der Waals surface area contributed by atoms with Crippen LogP contribution in [0.2, 0.25) is 0 Å². The molecular formula is C19H23N7O2S. The molecule has 10 heteroatoms. The summed E-state index contributed by atoms with van der Waals surface area (Å²) in [5.74, 6) is 1.23. The quantitative estimate of drug-likeness (QED) is 0.650. The first kappa shape index (κ1) is 19.5. The van der Waals surface area contributed by atoms with Crippen LogP contribution >= 0.6 is 11.3 Å². The molecule has 0 radical (unpaired) electrons. The summed E-state index contributed by atoms with van der Waals surface area (Å²) >= 11 is 1.31. The van der Waals surface area contributed by atoms with Crippen LogP contribution in [-0.2, 0) is 0 Å². The Morgan fingerprint density at radius 2 is 2.10 bits per heavy atom. The van der Waals surface area contributed by atoms with Crippen molar-refractivity contribution < 1.29 is 9.84 Å². The zero-order valence-corrected chi connectivity index (χ0v) is 17.3. The molecule has 1 saturated heterocycles. The van der Waals surface area contributed by atoms with Crippen LogP contribution < -0.4 is 15.0 Å². The number of piperazine rings is 1. The second kappa shape index (κ2) is 8.26. The standard InChI is InChI=1S/C19H23N7O2S/c1-11(2)15-10-26(7-6-20-15)18-21-9-14(22-24-18)13-5-4-12(8-16(13)27)17-23-25-19(28-3)29-17/h4-5,8-9,11,15,20,27H,6-7,10H2,1-3H3/t15-/m1/s1. The Hall–Kier alpha value is -2.85. The summed E-state index contributed by atoms with van der Waals surface area (Å²) < 4.78 is 5.07. The van der Waals surface area contributed by atoms with E-state index in [1.807, 2.05) is 6.07 Å². The van der Waals surface area contributed by atoms with Crippen molar-refractivity contribution in [2.75, 3.05) is 31.6 Å². The average molecular weight is 414 g/mol. The molecule has 1 fully saturated rings. The van der Waals surface area contributed by atoms with Crippen molar-refractivity contribution in [3.8, 4) is 32.8 Å². The lowest BCUT2D eigenvalue weighted by molar-refractivity contribution is 0.365. The molecule has 2 aromatic heterocycles. The Bertz CT molecular complexity index is 977. The molecule has 1 aromatic carbocycles. The van der Waals surface area contributed by atoms with E-state index in [2.05, 4.69) is 49.4 Å². The number of rotatable bonds is 5. The molecule has 0 unspecified atom stereocenters. The summed E-state index contributed by atoms with van der Waals surface area (Å²) in [5.41, 5.74) is 1.84. The van der Waals surface area contributed by atoms with E-state index in [0.29, 0.717) is 39.4 Å². The monoisotopic (exact) mass is 413 g/mol. The molecule has 2 N–H and O–H groups in total. The maximum atomic E-state index is 10.5. The third-order valence-corrected chi connectivity index (χ3v) is 5.88. The number of benzene rings is 1. The molecule has 152 valence electrons. The summed E-state index contributed by atoms with van der Waals surface area (Å²) in [5, 5.41) is 31.7. The normalized spacial score (nSPS) is 17.0. The topological polar surface area (TPSA) is 109 Å². The molecule has 9 nitrogen and oxygen atoms in total. The third-order valence-electron chi connectivity index (χ3n) is 4.94. The minimum Gasteiger partial charge on any atom is -0.507 e. The van der Waals surface area contributed by atoms with Crippen LogP contribution in [0.25, 0.3) is 21.8 Å². The van der Waals surface area contributed by atoms with Gasteiger partial charge in [-0.3, -0.25) is 0 Å². The lowest BCUT2D eigenvalue weighted by atomic mass is 10.0. The lowest BCUT2D eigenvalue weighted by Gasteiger charge is -2.35. The van der Waals surface area contributed by atoms with Gasteiger partial charge in [-0.1, -0.05) is 36.3 Å². The van der Waals surface area contributed by atoms with E-state index in [-0.39, 0.29) is 5.75 Å². The fourth-order valence-corrected chi connectivity index (χ4v) is 3.89. The zero-order chi connectivity index (χ0) is 20.4. The van der Waals surface area contributed by atoms with E-state index < -0.39 is 0 Å². The highest BCUT2D eigenvalue weighted by molar-refractivity contribution is 7.16. The van der Waals surface area contributed by atoms with Gasteiger partial charge in [0.2, 0.25) is 5.95 Å². The minimum atomic E-state index is 0.0857. The van der Waals surface area contributed by atoms with Crippen molar-refractivity contribution in [3.05, 3.63) is 24.4 Å². The second-order valence-corrected chi connectivity index (χ2v) is 8.14. The summed E-state index contributed by atoms with van der Waals surface area (Å²) in [6.45, 7) is 6.99. The summed E-state index contributed by atoms with van der Waals surface area (Å²) in [4.78, 5) is 6.63. The number of ether oxygens (including phenoxy) is 1. The molecule has 1 aliphatic heterocycles. The first-order valence-corrected chi connectivity index (χ1v) is 10.3. The smallest absolute Gasteiger partial charge is 0.294 e. The van der Waals surface area contributed by atoms with Gasteiger partial charge >= 0.3 is 0 Å². The molecule has 0 saturated carbocycles. The number of phenolic OH excluding ortho intramolecular Hbond substituents is 1. The van der Waals surface area contributed by atoms with Gasteiger partial charge in [-0.05, 0) is 18.1 Å². The van der Waals surface area contributed by atoms with Crippen LogP contribution in [0.5, 0.6) is 10.9 Å². The van der Waals surface area contributed by atoms with Crippen LogP contribution in [-0.4, -0.2) is 63.3 Å². The zero-order valence-electron chi connectivity index (χ0n) is 16.5. The molecule has 1 aliphatic rings. The van der Waals surface area contributed by atoms with Crippen molar-refractivity contribution in [1.29, 1.82) is 0 Å². The van der Waals surface area contributed by atoms with Gasteiger partial charge in [-0.2, -0.15) is 0 Å². The molecule has 3 heterocycles. The largest absolute Gasteiger partial charge is 0.507 e. The van der Waals surface area contributed by atoms with E-state index in [4.69, 9.17) is 4.74 Å². The first-order valence-electron chi connectivity index (χ1n) is 9.44. The number of aromatic hydroxyl groups is 1. The average Bonchev–Trinajstić information content (AvgIpc) is 3.23. The summed E-state index contributed by atoms with van der Waals surface area (Å²) in [7, 11) is 1.55. The predicted octanol–water partition coefficient (Wildman–Crippen LogP) is 2.21. The Balaban J connectivity index is 1.53. The van der Waals surface area contributed by atoms with Crippen LogP contribution in [0.15, 0.2) is 24.4 Å². The Morgan fingerprint density at radius 3 is 2.76 bits per heavy atom. The van der Waals surface area contributed by atoms with Crippen LogP contribution in [0.4, 0.5) is 5.95 Å². The first-order chi connectivity index (χ1) is 14.0. The summed E-state index contributed by atoms with van der Waals surface area (Å²) in [6.07, 6.45) is 1.65. The van der Waals surface area contributed by atoms with Gasteiger partial charge in [-0.25, -0.2) is 4.98 Å². The molecule has 29 heavy (non-hydrogen) atoms.